The number of methoxy groups -OCH3 is 1. The number of pyridine rings is 1. The van der Waals surface area contributed by atoms with Crippen LogP contribution in [0.5, 0.6) is 0 Å². The topological polar surface area (TPSA) is 86.0 Å². The smallest absolute Gasteiger partial charge is 0.213 e. The molecule has 0 radical (unpaired) electrons. The number of Topliss-reactive ketones (excluding diaryl/α,β-unsaturated/α-hetero) is 1. The van der Waals surface area contributed by atoms with E-state index in [-0.39, 0.29) is 30.2 Å². The van der Waals surface area contributed by atoms with Gasteiger partial charge in [-0.05, 0) is 75.0 Å². The number of rotatable bonds is 10. The Morgan fingerprint density at radius 2 is 1.85 bits per heavy atom. The molecule has 1 aliphatic rings. The summed E-state index contributed by atoms with van der Waals surface area (Å²) in [6, 6.07) is 13.3. The van der Waals surface area contributed by atoms with E-state index in [1.807, 2.05) is 54.9 Å². The van der Waals surface area contributed by atoms with Gasteiger partial charge in [-0.2, -0.15) is 9.49 Å². The molecule has 5 rings (SSSR count). The fourth-order valence-electron chi connectivity index (χ4n) is 5.94. The van der Waals surface area contributed by atoms with Crippen molar-refractivity contribution in [1.29, 1.82) is 0 Å². The van der Waals surface area contributed by atoms with E-state index >= 15 is 0 Å². The average Bonchev–Trinajstić information content (AvgIpc) is 3.43. The second kappa shape index (κ2) is 12.1. The lowest BCUT2D eigenvalue weighted by Crippen LogP contribution is -2.29. The minimum Gasteiger partial charge on any atom is -0.385 e. The molecular formula is C31H35FN6O2. The number of carbonyl (C=O) groups is 1. The zero-order valence-electron chi connectivity index (χ0n) is 23.4. The van der Waals surface area contributed by atoms with E-state index in [2.05, 4.69) is 26.9 Å². The van der Waals surface area contributed by atoms with Crippen LogP contribution in [0.25, 0.3) is 16.9 Å². The summed E-state index contributed by atoms with van der Waals surface area (Å²) in [6.45, 7) is 4.47. The highest BCUT2D eigenvalue weighted by molar-refractivity contribution is 5.82. The third-order valence-corrected chi connectivity index (χ3v) is 7.94. The van der Waals surface area contributed by atoms with Crippen molar-refractivity contribution in [2.24, 2.45) is 5.92 Å². The van der Waals surface area contributed by atoms with Crippen LogP contribution in [0.4, 0.5) is 4.39 Å². The van der Waals surface area contributed by atoms with Gasteiger partial charge in [0.25, 0.3) is 0 Å². The minimum atomic E-state index is -0.508. The number of aryl methyl sites for hydroxylation is 1. The summed E-state index contributed by atoms with van der Waals surface area (Å²) >= 11 is 0. The third kappa shape index (κ3) is 5.85. The van der Waals surface area contributed by atoms with Gasteiger partial charge in [0.1, 0.15) is 11.6 Å². The minimum absolute atomic E-state index is 0.0412. The number of hydrogen-bond donors (Lipinski definition) is 0. The number of benzene rings is 1. The summed E-state index contributed by atoms with van der Waals surface area (Å²) in [5.74, 6) is 0.344. The molecule has 8 nitrogen and oxygen atoms in total. The van der Waals surface area contributed by atoms with E-state index in [1.54, 1.807) is 19.5 Å². The van der Waals surface area contributed by atoms with Gasteiger partial charge in [0, 0.05) is 62.8 Å². The van der Waals surface area contributed by atoms with Crippen LogP contribution in [0.1, 0.15) is 47.9 Å². The van der Waals surface area contributed by atoms with Gasteiger partial charge in [-0.25, -0.2) is 19.6 Å². The second-order valence-electron chi connectivity index (χ2n) is 10.6. The second-order valence-corrected chi connectivity index (χ2v) is 10.6. The first-order valence-electron chi connectivity index (χ1n) is 13.6. The molecule has 9 heteroatoms. The molecule has 0 unspecified atom stereocenters. The van der Waals surface area contributed by atoms with Crippen LogP contribution in [-0.4, -0.2) is 62.2 Å². The Bertz CT molecular complexity index is 1460. The number of ether oxygens (including phenoxy) is 1. The third-order valence-electron chi connectivity index (χ3n) is 7.94. The average molecular weight is 543 g/mol. The highest BCUT2D eigenvalue weighted by atomic mass is 19.1. The van der Waals surface area contributed by atoms with Gasteiger partial charge in [0.2, 0.25) is 5.95 Å². The lowest BCUT2D eigenvalue weighted by molar-refractivity contribution is -0.119. The number of ketones is 1. The van der Waals surface area contributed by atoms with Crippen LogP contribution in [0.3, 0.4) is 0 Å². The molecule has 0 saturated carbocycles. The highest BCUT2D eigenvalue weighted by Crippen LogP contribution is 2.43. The van der Waals surface area contributed by atoms with Gasteiger partial charge in [-0.15, -0.1) is 0 Å². The standard InChI is InChI=1S/C31H35FN6O2/c1-20-28(38(25-8-6-5-7-9-25)36-30(20)24-18-34-21(2)35-19-24)17-27(39)15-23-14-26(11-13-40-4)37(3)31(23)22-10-12-33-29(32)16-22/h5-10,12,16,18-19,23,26,31H,11,13-15,17H2,1-4H3/t23-,26+,31-/m0/s1. The SMILES string of the molecule is COCC[C@@H]1C[C@@H](CC(=O)Cc2c(C)c(-c3cnc(C)nc3)nn2-c2ccccc2)[C@H](c2ccnc(F)c2)N1C. The molecule has 1 aliphatic heterocycles. The number of halogens is 1. The van der Waals surface area contributed by atoms with Crippen molar-refractivity contribution < 1.29 is 13.9 Å². The first-order chi connectivity index (χ1) is 19.4. The summed E-state index contributed by atoms with van der Waals surface area (Å²) < 4.78 is 21.3. The van der Waals surface area contributed by atoms with Crippen molar-refractivity contribution in [2.45, 2.75) is 51.6 Å². The van der Waals surface area contributed by atoms with Crippen LogP contribution in [-0.2, 0) is 16.0 Å². The summed E-state index contributed by atoms with van der Waals surface area (Å²) in [7, 11) is 3.75. The molecule has 1 aromatic carbocycles. The Balaban J connectivity index is 1.44. The lowest BCUT2D eigenvalue weighted by atomic mass is 9.88. The molecule has 208 valence electrons. The van der Waals surface area contributed by atoms with E-state index in [4.69, 9.17) is 9.84 Å². The first-order valence-corrected chi connectivity index (χ1v) is 13.6. The number of hydrogen-bond acceptors (Lipinski definition) is 7. The van der Waals surface area contributed by atoms with Gasteiger partial charge in [0.15, 0.2) is 0 Å². The van der Waals surface area contributed by atoms with Crippen molar-refractivity contribution in [3.05, 3.63) is 89.6 Å². The molecule has 0 N–H and O–H groups in total. The van der Waals surface area contributed by atoms with Gasteiger partial charge in [0.05, 0.1) is 17.1 Å². The monoisotopic (exact) mass is 542 g/mol. The van der Waals surface area contributed by atoms with Crippen molar-refractivity contribution in [3.63, 3.8) is 0 Å². The van der Waals surface area contributed by atoms with E-state index in [9.17, 15) is 9.18 Å². The number of likely N-dealkylation sites (tertiary alicyclic amines) is 1. The Labute approximate surface area is 234 Å². The fourth-order valence-corrected chi connectivity index (χ4v) is 5.94. The van der Waals surface area contributed by atoms with E-state index in [1.165, 1.54) is 12.3 Å². The molecule has 0 bridgehead atoms. The van der Waals surface area contributed by atoms with Crippen LogP contribution in [0.15, 0.2) is 61.1 Å². The first kappa shape index (κ1) is 27.7. The summed E-state index contributed by atoms with van der Waals surface area (Å²) in [5.41, 5.74) is 5.08. The lowest BCUT2D eigenvalue weighted by Gasteiger charge is -2.28. The highest BCUT2D eigenvalue weighted by Gasteiger charge is 2.40. The maximum atomic E-state index is 14.1. The Kier molecular flexibility index (Phi) is 8.42. The largest absolute Gasteiger partial charge is 0.385 e. The Hall–Kier alpha value is -3.82. The number of nitrogens with zero attached hydrogens (tertiary/aromatic N) is 6. The normalized spacial score (nSPS) is 19.3. The predicted octanol–water partition coefficient (Wildman–Crippen LogP) is 5.08. The summed E-state index contributed by atoms with van der Waals surface area (Å²) in [5, 5.41) is 4.91. The van der Waals surface area contributed by atoms with Crippen LogP contribution in [0.2, 0.25) is 0 Å². The molecule has 0 amide bonds. The van der Waals surface area contributed by atoms with Crippen molar-refractivity contribution in [2.75, 3.05) is 20.8 Å². The molecule has 3 atom stereocenters. The zero-order chi connectivity index (χ0) is 28.2. The molecule has 40 heavy (non-hydrogen) atoms. The van der Waals surface area contributed by atoms with Crippen LogP contribution >= 0.6 is 0 Å². The van der Waals surface area contributed by atoms with E-state index < -0.39 is 5.95 Å². The van der Waals surface area contributed by atoms with Crippen molar-refractivity contribution in [1.82, 2.24) is 29.6 Å². The Morgan fingerprint density at radius 1 is 1.10 bits per heavy atom. The molecule has 4 heterocycles. The van der Waals surface area contributed by atoms with Gasteiger partial charge in [-0.3, -0.25) is 9.69 Å². The molecule has 0 aliphatic carbocycles. The molecule has 1 fully saturated rings. The number of carbonyl (C=O) groups excluding carboxylic acids is 1. The number of para-hydroxylation sites is 1. The maximum absolute atomic E-state index is 14.1. The maximum Gasteiger partial charge on any atom is 0.213 e. The van der Waals surface area contributed by atoms with E-state index in [0.717, 1.165) is 46.6 Å². The van der Waals surface area contributed by atoms with Gasteiger partial charge in [-0.1, -0.05) is 18.2 Å². The summed E-state index contributed by atoms with van der Waals surface area (Å²) in [4.78, 5) is 28.5. The molecule has 3 aromatic heterocycles. The van der Waals surface area contributed by atoms with E-state index in [0.29, 0.717) is 18.9 Å². The molecule has 1 saturated heterocycles. The van der Waals surface area contributed by atoms with Crippen molar-refractivity contribution >= 4 is 5.78 Å². The molecule has 0 spiro atoms. The summed E-state index contributed by atoms with van der Waals surface area (Å²) in [6.07, 6.45) is 7.34. The molecule has 4 aromatic rings. The van der Waals surface area contributed by atoms with Crippen LogP contribution < -0.4 is 0 Å². The predicted molar refractivity (Wildman–Crippen MR) is 150 cm³/mol. The molecular weight excluding hydrogens is 507 g/mol. The zero-order valence-corrected chi connectivity index (χ0v) is 23.4. The number of aromatic nitrogens is 5. The Morgan fingerprint density at radius 3 is 2.55 bits per heavy atom. The van der Waals surface area contributed by atoms with Crippen LogP contribution in [0, 0.1) is 25.7 Å². The van der Waals surface area contributed by atoms with Gasteiger partial charge >= 0.3 is 0 Å². The quantitative estimate of drug-likeness (QED) is 0.258. The fraction of sp³-hybridized carbons (Fsp3) is 0.387. The van der Waals surface area contributed by atoms with Gasteiger partial charge < -0.3 is 4.74 Å². The van der Waals surface area contributed by atoms with Crippen molar-refractivity contribution in [3.8, 4) is 16.9 Å².